The Morgan fingerprint density at radius 2 is 2.00 bits per heavy atom. The molecule has 2 N–H and O–H groups in total. The smallest absolute Gasteiger partial charge is 0.423 e. The fraction of sp³-hybridized carbons (Fsp3) is 0.500. The van der Waals surface area contributed by atoms with Crippen LogP contribution in [0.3, 0.4) is 0 Å². The van der Waals surface area contributed by atoms with Gasteiger partial charge in [-0.1, -0.05) is 23.8 Å². The highest BCUT2D eigenvalue weighted by Gasteiger charge is 2.15. The van der Waals surface area contributed by atoms with Crippen LogP contribution in [0.25, 0.3) is 0 Å². The van der Waals surface area contributed by atoms with Crippen LogP contribution in [-0.2, 0) is 11.3 Å². The molecule has 92 valence electrons. The van der Waals surface area contributed by atoms with Gasteiger partial charge < -0.3 is 14.8 Å². The maximum atomic E-state index is 9.15. The number of nitrogens with zero attached hydrogens (tertiary/aromatic N) is 1. The lowest BCUT2D eigenvalue weighted by Gasteiger charge is -2.26. The van der Waals surface area contributed by atoms with Crippen LogP contribution in [0.2, 0.25) is 0 Å². The van der Waals surface area contributed by atoms with Crippen LogP contribution in [0.15, 0.2) is 18.2 Å². The van der Waals surface area contributed by atoms with Gasteiger partial charge in [0.2, 0.25) is 0 Å². The van der Waals surface area contributed by atoms with Gasteiger partial charge in [-0.2, -0.15) is 0 Å². The molecule has 2 rings (SSSR count). The number of hydrogen-bond donors (Lipinski definition) is 2. The lowest BCUT2D eigenvalue weighted by atomic mass is 9.77. The van der Waals surface area contributed by atoms with Gasteiger partial charge in [-0.3, -0.25) is 4.90 Å². The number of aryl methyl sites for hydroxylation is 1. The molecule has 17 heavy (non-hydrogen) atoms. The molecule has 1 aromatic rings. The molecule has 0 atom stereocenters. The van der Waals surface area contributed by atoms with Gasteiger partial charge in [0.15, 0.2) is 0 Å². The molecule has 0 unspecified atom stereocenters. The van der Waals surface area contributed by atoms with Crippen LogP contribution in [0.5, 0.6) is 0 Å². The van der Waals surface area contributed by atoms with Crippen LogP contribution >= 0.6 is 0 Å². The Kier molecular flexibility index (Phi) is 4.18. The monoisotopic (exact) mass is 235 g/mol. The Morgan fingerprint density at radius 3 is 2.59 bits per heavy atom. The summed E-state index contributed by atoms with van der Waals surface area (Å²) in [5.41, 5.74) is 2.70. The first kappa shape index (κ1) is 12.6. The van der Waals surface area contributed by atoms with E-state index in [1.165, 1.54) is 5.56 Å². The van der Waals surface area contributed by atoms with E-state index in [9.17, 15) is 0 Å². The van der Waals surface area contributed by atoms with E-state index in [0.29, 0.717) is 5.46 Å². The molecular formula is C12H18BNO3. The summed E-state index contributed by atoms with van der Waals surface area (Å²) >= 11 is 0. The fourth-order valence-corrected chi connectivity index (χ4v) is 2.14. The molecule has 0 spiro atoms. The number of rotatable bonds is 3. The lowest BCUT2D eigenvalue weighted by molar-refractivity contribution is 0.0342. The summed E-state index contributed by atoms with van der Waals surface area (Å²) in [6.07, 6.45) is 0. The predicted molar refractivity (Wildman–Crippen MR) is 67.1 cm³/mol. The van der Waals surface area contributed by atoms with Crippen molar-refractivity contribution in [2.24, 2.45) is 0 Å². The first-order chi connectivity index (χ1) is 8.16. The lowest BCUT2D eigenvalue weighted by Crippen LogP contribution is -2.36. The van der Waals surface area contributed by atoms with Crippen molar-refractivity contribution in [1.82, 2.24) is 4.90 Å². The number of morpholine rings is 1. The van der Waals surface area contributed by atoms with Gasteiger partial charge in [0.05, 0.1) is 13.2 Å². The van der Waals surface area contributed by atoms with Crippen molar-refractivity contribution < 1.29 is 14.8 Å². The van der Waals surface area contributed by atoms with Gasteiger partial charge in [-0.05, 0) is 17.9 Å². The second-order valence-corrected chi connectivity index (χ2v) is 4.45. The van der Waals surface area contributed by atoms with Crippen LogP contribution in [0, 0.1) is 6.92 Å². The molecule has 1 aliphatic rings. The van der Waals surface area contributed by atoms with Gasteiger partial charge >= 0.3 is 7.12 Å². The third-order valence-electron chi connectivity index (χ3n) is 3.12. The molecule has 0 radical (unpaired) electrons. The summed E-state index contributed by atoms with van der Waals surface area (Å²) in [6, 6.07) is 5.76. The first-order valence-corrected chi connectivity index (χ1v) is 5.92. The minimum Gasteiger partial charge on any atom is -0.423 e. The summed E-state index contributed by atoms with van der Waals surface area (Å²) < 4.78 is 5.30. The molecule has 1 aliphatic heterocycles. The molecular weight excluding hydrogens is 217 g/mol. The van der Waals surface area contributed by atoms with E-state index in [4.69, 9.17) is 14.8 Å². The average Bonchev–Trinajstić information content (AvgIpc) is 2.30. The van der Waals surface area contributed by atoms with Crippen LogP contribution in [-0.4, -0.2) is 48.4 Å². The van der Waals surface area contributed by atoms with Crippen molar-refractivity contribution in [2.75, 3.05) is 26.3 Å². The highest BCUT2D eigenvalue weighted by molar-refractivity contribution is 6.59. The Morgan fingerprint density at radius 1 is 1.29 bits per heavy atom. The molecule has 5 heteroatoms. The van der Waals surface area contributed by atoms with Crippen molar-refractivity contribution in [3.8, 4) is 0 Å². The standard InChI is InChI=1S/C12H18BNO3/c1-10-8-11(2-3-12(10)13(15)16)9-14-4-6-17-7-5-14/h2-3,8,15-16H,4-7,9H2,1H3. The maximum Gasteiger partial charge on any atom is 0.488 e. The number of benzene rings is 1. The fourth-order valence-electron chi connectivity index (χ4n) is 2.14. The van der Waals surface area contributed by atoms with Gasteiger partial charge in [0.25, 0.3) is 0 Å². The summed E-state index contributed by atoms with van der Waals surface area (Å²) in [7, 11) is -1.38. The average molecular weight is 235 g/mol. The maximum absolute atomic E-state index is 9.15. The van der Waals surface area contributed by atoms with E-state index in [1.54, 1.807) is 6.07 Å². The summed E-state index contributed by atoms with van der Waals surface area (Å²) in [4.78, 5) is 2.34. The topological polar surface area (TPSA) is 52.9 Å². The summed E-state index contributed by atoms with van der Waals surface area (Å²) in [6.45, 7) is 6.31. The first-order valence-electron chi connectivity index (χ1n) is 5.92. The predicted octanol–water partition coefficient (Wildman–Crippen LogP) is -0.493. The van der Waals surface area contributed by atoms with E-state index in [2.05, 4.69) is 4.90 Å². The number of hydrogen-bond acceptors (Lipinski definition) is 4. The molecule has 0 aliphatic carbocycles. The van der Waals surface area contributed by atoms with Crippen molar-refractivity contribution in [3.63, 3.8) is 0 Å². The highest BCUT2D eigenvalue weighted by atomic mass is 16.5. The molecule has 0 aromatic heterocycles. The SMILES string of the molecule is Cc1cc(CN2CCOCC2)ccc1B(O)O. The van der Waals surface area contributed by atoms with Crippen LogP contribution < -0.4 is 5.46 Å². The number of ether oxygens (including phenoxy) is 1. The quantitative estimate of drug-likeness (QED) is 0.694. The van der Waals surface area contributed by atoms with E-state index in [-0.39, 0.29) is 0 Å². The van der Waals surface area contributed by atoms with Crippen LogP contribution in [0.4, 0.5) is 0 Å². The van der Waals surface area contributed by atoms with E-state index in [0.717, 1.165) is 38.4 Å². The molecule has 1 heterocycles. The Balaban J connectivity index is 2.04. The third kappa shape index (κ3) is 3.29. The van der Waals surface area contributed by atoms with Crippen molar-refractivity contribution in [3.05, 3.63) is 29.3 Å². The summed E-state index contributed by atoms with van der Waals surface area (Å²) in [5, 5.41) is 18.3. The molecule has 4 nitrogen and oxygen atoms in total. The zero-order valence-corrected chi connectivity index (χ0v) is 10.1. The van der Waals surface area contributed by atoms with Gasteiger partial charge in [-0.25, -0.2) is 0 Å². The largest absolute Gasteiger partial charge is 0.488 e. The molecule has 1 aromatic carbocycles. The minimum atomic E-state index is -1.38. The van der Waals surface area contributed by atoms with Crippen molar-refractivity contribution in [1.29, 1.82) is 0 Å². The Hall–Kier alpha value is -0.875. The van der Waals surface area contributed by atoms with Gasteiger partial charge in [0.1, 0.15) is 0 Å². The summed E-state index contributed by atoms with van der Waals surface area (Å²) in [5.74, 6) is 0. The van der Waals surface area contributed by atoms with Crippen molar-refractivity contribution >= 4 is 12.6 Å². The van der Waals surface area contributed by atoms with E-state index < -0.39 is 7.12 Å². The Labute approximate surface area is 102 Å². The second kappa shape index (κ2) is 5.64. The Bertz CT molecular complexity index is 378. The highest BCUT2D eigenvalue weighted by Crippen LogP contribution is 2.08. The molecule has 1 fully saturated rings. The normalized spacial score (nSPS) is 17.1. The van der Waals surface area contributed by atoms with E-state index >= 15 is 0 Å². The van der Waals surface area contributed by atoms with Gasteiger partial charge in [-0.15, -0.1) is 0 Å². The molecule has 1 saturated heterocycles. The molecule has 0 saturated carbocycles. The molecule has 0 bridgehead atoms. The molecule has 0 amide bonds. The van der Waals surface area contributed by atoms with Crippen LogP contribution in [0.1, 0.15) is 11.1 Å². The van der Waals surface area contributed by atoms with E-state index in [1.807, 2.05) is 19.1 Å². The minimum absolute atomic E-state index is 0.579. The zero-order chi connectivity index (χ0) is 12.3. The van der Waals surface area contributed by atoms with Crippen molar-refractivity contribution in [2.45, 2.75) is 13.5 Å². The zero-order valence-electron chi connectivity index (χ0n) is 10.1. The van der Waals surface area contributed by atoms with Gasteiger partial charge in [0, 0.05) is 19.6 Å². The second-order valence-electron chi connectivity index (χ2n) is 4.45. The third-order valence-corrected chi connectivity index (χ3v) is 3.12.